The molecule has 1 aliphatic rings. The van der Waals surface area contributed by atoms with Gasteiger partial charge in [0.15, 0.2) is 11.5 Å². The summed E-state index contributed by atoms with van der Waals surface area (Å²) in [6.45, 7) is 0. The van der Waals surface area contributed by atoms with Gasteiger partial charge in [-0.2, -0.15) is 0 Å². The molecular formula is C20H24N2O4. The minimum absolute atomic E-state index is 0.0265. The van der Waals surface area contributed by atoms with E-state index in [0.29, 0.717) is 17.2 Å². The number of ether oxygens (including phenoxy) is 3. The Kier molecular flexibility index (Phi) is 5.04. The highest BCUT2D eigenvalue weighted by Gasteiger charge is 2.28. The minimum atomic E-state index is -0.186. The van der Waals surface area contributed by atoms with Gasteiger partial charge in [0.2, 0.25) is 11.2 Å². The standard InChI is InChI=1S/C20H24N2O4/c1-22-15-8-5-11-9-17(24-2)19(25-3)20(26-4)18(11)12-6-7-14(21)16(23)10-13(12)15/h6-7,9-10,15,22H,5,8H2,1-4H3,(H2,21,23). The highest BCUT2D eigenvalue weighted by atomic mass is 16.5. The number of hydrogen-bond donors (Lipinski definition) is 2. The molecule has 2 aromatic carbocycles. The molecular weight excluding hydrogens is 332 g/mol. The Bertz CT molecular complexity index is 896. The maximum Gasteiger partial charge on any atom is 0.203 e. The lowest BCUT2D eigenvalue weighted by atomic mass is 9.95. The fourth-order valence-electron chi connectivity index (χ4n) is 3.62. The van der Waals surface area contributed by atoms with Crippen LogP contribution < -0.4 is 30.7 Å². The van der Waals surface area contributed by atoms with Crippen LogP contribution in [0, 0.1) is 0 Å². The number of nitrogens with two attached hydrogens (primary N) is 1. The molecule has 0 heterocycles. The Morgan fingerprint density at radius 3 is 2.42 bits per heavy atom. The molecule has 0 radical (unpaired) electrons. The lowest BCUT2D eigenvalue weighted by Crippen LogP contribution is -2.17. The van der Waals surface area contributed by atoms with Gasteiger partial charge in [0.25, 0.3) is 0 Å². The molecule has 0 fully saturated rings. The van der Waals surface area contributed by atoms with Gasteiger partial charge in [0.05, 0.1) is 27.0 Å². The second-order valence-electron chi connectivity index (χ2n) is 6.23. The molecule has 3 N–H and O–H groups in total. The molecule has 0 aliphatic heterocycles. The van der Waals surface area contributed by atoms with Gasteiger partial charge >= 0.3 is 0 Å². The van der Waals surface area contributed by atoms with E-state index in [2.05, 4.69) is 5.32 Å². The molecule has 6 nitrogen and oxygen atoms in total. The van der Waals surface area contributed by atoms with Crippen molar-refractivity contribution in [3.05, 3.63) is 45.6 Å². The van der Waals surface area contributed by atoms with Crippen molar-refractivity contribution in [2.45, 2.75) is 18.9 Å². The molecule has 0 amide bonds. The van der Waals surface area contributed by atoms with E-state index in [-0.39, 0.29) is 17.2 Å². The third-order valence-electron chi connectivity index (χ3n) is 4.92. The molecule has 0 saturated heterocycles. The van der Waals surface area contributed by atoms with Gasteiger partial charge in [-0.3, -0.25) is 4.79 Å². The van der Waals surface area contributed by atoms with Crippen LogP contribution in [-0.2, 0) is 6.42 Å². The van der Waals surface area contributed by atoms with Crippen molar-refractivity contribution in [1.82, 2.24) is 5.32 Å². The summed E-state index contributed by atoms with van der Waals surface area (Å²) in [7, 11) is 6.69. The average Bonchev–Trinajstić information content (AvgIpc) is 2.89. The first-order valence-corrected chi connectivity index (χ1v) is 8.48. The Hall–Kier alpha value is -2.73. The monoisotopic (exact) mass is 356 g/mol. The van der Waals surface area contributed by atoms with Crippen LogP contribution in [0.2, 0.25) is 0 Å². The van der Waals surface area contributed by atoms with Gasteiger partial charge in [0.1, 0.15) is 0 Å². The van der Waals surface area contributed by atoms with Gasteiger partial charge in [-0.15, -0.1) is 0 Å². The summed E-state index contributed by atoms with van der Waals surface area (Å²) in [6, 6.07) is 7.16. The number of methoxy groups -OCH3 is 3. The van der Waals surface area contributed by atoms with Crippen molar-refractivity contribution >= 4 is 5.69 Å². The van der Waals surface area contributed by atoms with Crippen LogP contribution in [0.1, 0.15) is 23.6 Å². The Balaban J connectivity index is 2.44. The summed E-state index contributed by atoms with van der Waals surface area (Å²) in [6.07, 6.45) is 1.64. The second-order valence-corrected chi connectivity index (χ2v) is 6.23. The molecule has 1 atom stereocenters. The molecule has 6 heteroatoms. The van der Waals surface area contributed by atoms with E-state index in [0.717, 1.165) is 35.1 Å². The molecule has 2 aromatic rings. The van der Waals surface area contributed by atoms with Crippen LogP contribution in [-0.4, -0.2) is 28.4 Å². The lowest BCUT2D eigenvalue weighted by molar-refractivity contribution is 0.324. The summed E-state index contributed by atoms with van der Waals surface area (Å²) in [5, 5.41) is 3.31. The number of anilines is 1. The van der Waals surface area contributed by atoms with E-state index in [1.807, 2.05) is 19.2 Å². The number of rotatable bonds is 4. The van der Waals surface area contributed by atoms with Crippen LogP contribution in [0.15, 0.2) is 29.1 Å². The van der Waals surface area contributed by atoms with E-state index in [1.165, 1.54) is 0 Å². The second kappa shape index (κ2) is 7.25. The van der Waals surface area contributed by atoms with E-state index in [9.17, 15) is 4.79 Å². The first-order chi connectivity index (χ1) is 12.5. The summed E-state index contributed by atoms with van der Waals surface area (Å²) in [5.74, 6) is 1.75. The molecule has 1 aliphatic carbocycles. The van der Waals surface area contributed by atoms with Gasteiger partial charge < -0.3 is 25.3 Å². The number of benzene rings is 1. The molecule has 0 spiro atoms. The van der Waals surface area contributed by atoms with E-state index in [4.69, 9.17) is 19.9 Å². The van der Waals surface area contributed by atoms with Crippen molar-refractivity contribution in [3.63, 3.8) is 0 Å². The topological polar surface area (TPSA) is 82.8 Å². The van der Waals surface area contributed by atoms with Crippen molar-refractivity contribution in [2.24, 2.45) is 0 Å². The number of hydrogen-bond acceptors (Lipinski definition) is 6. The Labute approximate surface area is 152 Å². The highest BCUT2D eigenvalue weighted by molar-refractivity contribution is 5.82. The molecule has 0 aromatic heterocycles. The van der Waals surface area contributed by atoms with Crippen molar-refractivity contribution in [2.75, 3.05) is 34.1 Å². The van der Waals surface area contributed by atoms with Gasteiger partial charge in [-0.25, -0.2) is 0 Å². The van der Waals surface area contributed by atoms with E-state index >= 15 is 0 Å². The zero-order valence-electron chi connectivity index (χ0n) is 15.5. The van der Waals surface area contributed by atoms with Crippen molar-refractivity contribution < 1.29 is 14.2 Å². The third-order valence-corrected chi connectivity index (χ3v) is 4.92. The Morgan fingerprint density at radius 1 is 1.08 bits per heavy atom. The molecule has 138 valence electrons. The fraction of sp³-hybridized carbons (Fsp3) is 0.350. The summed E-state index contributed by atoms with van der Waals surface area (Å²) in [4.78, 5) is 12.3. The van der Waals surface area contributed by atoms with Gasteiger partial charge in [-0.05, 0) is 54.8 Å². The zero-order valence-corrected chi connectivity index (χ0v) is 15.5. The van der Waals surface area contributed by atoms with Crippen LogP contribution in [0.4, 0.5) is 5.69 Å². The van der Waals surface area contributed by atoms with Crippen LogP contribution in [0.5, 0.6) is 17.2 Å². The number of aryl methyl sites for hydroxylation is 1. The first kappa shape index (κ1) is 18.1. The van der Waals surface area contributed by atoms with Crippen LogP contribution in [0.25, 0.3) is 11.1 Å². The molecule has 1 unspecified atom stereocenters. The number of nitrogens with one attached hydrogen (secondary N) is 1. The molecule has 26 heavy (non-hydrogen) atoms. The van der Waals surface area contributed by atoms with Crippen LogP contribution >= 0.6 is 0 Å². The summed E-state index contributed by atoms with van der Waals surface area (Å²) >= 11 is 0. The molecule has 0 saturated carbocycles. The maximum absolute atomic E-state index is 12.3. The molecule has 3 rings (SSSR count). The summed E-state index contributed by atoms with van der Waals surface area (Å²) in [5.41, 5.74) is 9.70. The van der Waals surface area contributed by atoms with Gasteiger partial charge in [0, 0.05) is 11.6 Å². The lowest BCUT2D eigenvalue weighted by Gasteiger charge is -2.19. The predicted octanol–water partition coefficient (Wildman–Crippen LogP) is 2.53. The van der Waals surface area contributed by atoms with Crippen molar-refractivity contribution in [3.8, 4) is 28.4 Å². The van der Waals surface area contributed by atoms with Crippen molar-refractivity contribution in [1.29, 1.82) is 0 Å². The maximum atomic E-state index is 12.3. The number of nitrogen functional groups attached to an aromatic ring is 1. The SMILES string of the molecule is CNC1CCc2cc(OC)c(OC)c(OC)c2-c2ccc(N)c(=O)cc21. The van der Waals surface area contributed by atoms with E-state index < -0.39 is 0 Å². The predicted molar refractivity (Wildman–Crippen MR) is 102 cm³/mol. The average molecular weight is 356 g/mol. The van der Waals surface area contributed by atoms with Gasteiger partial charge in [-0.1, -0.05) is 6.07 Å². The quantitative estimate of drug-likeness (QED) is 0.876. The zero-order chi connectivity index (χ0) is 18.8. The summed E-state index contributed by atoms with van der Waals surface area (Å²) < 4.78 is 16.8. The normalized spacial score (nSPS) is 15.5. The first-order valence-electron chi connectivity index (χ1n) is 8.48. The third kappa shape index (κ3) is 2.86. The largest absolute Gasteiger partial charge is 0.493 e. The fourth-order valence-corrected chi connectivity index (χ4v) is 3.62. The van der Waals surface area contributed by atoms with Crippen LogP contribution in [0.3, 0.4) is 0 Å². The van der Waals surface area contributed by atoms with E-state index in [1.54, 1.807) is 33.5 Å². The minimum Gasteiger partial charge on any atom is -0.493 e. The molecule has 0 bridgehead atoms. The smallest absolute Gasteiger partial charge is 0.203 e. The number of fused-ring (bicyclic) bond motifs is 3. The highest BCUT2D eigenvalue weighted by Crippen LogP contribution is 2.50. The Morgan fingerprint density at radius 2 is 1.81 bits per heavy atom.